The van der Waals surface area contributed by atoms with Crippen LogP contribution >= 0.6 is 0 Å². The molecule has 0 radical (unpaired) electrons. The van der Waals surface area contributed by atoms with E-state index in [1.807, 2.05) is 49.4 Å². The molecular weight excluding hydrogens is 378 g/mol. The molecule has 5 nitrogen and oxygen atoms in total. The van der Waals surface area contributed by atoms with Crippen molar-refractivity contribution >= 4 is 16.8 Å². The van der Waals surface area contributed by atoms with Gasteiger partial charge in [0.1, 0.15) is 23.2 Å². The van der Waals surface area contributed by atoms with Crippen molar-refractivity contribution in [2.24, 2.45) is 0 Å². The van der Waals surface area contributed by atoms with Gasteiger partial charge in [0, 0.05) is 42.4 Å². The first-order chi connectivity index (χ1) is 14.5. The molecule has 0 N–H and O–H groups in total. The number of ether oxygens (including phenoxy) is 1. The van der Waals surface area contributed by atoms with E-state index in [2.05, 4.69) is 11.9 Å². The van der Waals surface area contributed by atoms with Gasteiger partial charge in [-0.15, -0.1) is 0 Å². The second-order valence-corrected chi connectivity index (χ2v) is 8.16. The highest BCUT2D eigenvalue weighted by molar-refractivity contribution is 5.86. The van der Waals surface area contributed by atoms with Crippen molar-refractivity contribution in [1.82, 2.24) is 4.90 Å². The molecule has 0 spiro atoms. The summed E-state index contributed by atoms with van der Waals surface area (Å²) in [6.07, 6.45) is 2.53. The summed E-state index contributed by atoms with van der Waals surface area (Å²) in [7, 11) is 2.12. The third kappa shape index (κ3) is 4.62. The third-order valence-electron chi connectivity index (χ3n) is 5.76. The number of rotatable bonds is 6. The predicted molar refractivity (Wildman–Crippen MR) is 117 cm³/mol. The largest absolute Gasteiger partial charge is 0.490 e. The van der Waals surface area contributed by atoms with Gasteiger partial charge in [-0.3, -0.25) is 4.79 Å². The maximum absolute atomic E-state index is 12.5. The van der Waals surface area contributed by atoms with Gasteiger partial charge in [-0.2, -0.15) is 0 Å². The van der Waals surface area contributed by atoms with Gasteiger partial charge in [0.2, 0.25) is 0 Å². The molecule has 1 aliphatic heterocycles. The molecule has 2 heterocycles. The van der Waals surface area contributed by atoms with Crippen LogP contribution in [0.2, 0.25) is 0 Å². The Labute approximate surface area is 176 Å². The molecule has 0 amide bonds. The van der Waals surface area contributed by atoms with Gasteiger partial charge >= 0.3 is 5.63 Å². The van der Waals surface area contributed by atoms with Crippen LogP contribution in [-0.4, -0.2) is 36.9 Å². The monoisotopic (exact) mass is 405 g/mol. The number of carbonyl (C=O) groups excluding carboxylic acids is 1. The summed E-state index contributed by atoms with van der Waals surface area (Å²) in [5.41, 5.74) is 2.24. The van der Waals surface area contributed by atoms with Crippen molar-refractivity contribution < 1.29 is 13.9 Å². The number of nitrogens with zero attached hydrogens (tertiary/aromatic N) is 1. The highest BCUT2D eigenvalue weighted by atomic mass is 16.5. The smallest absolute Gasteiger partial charge is 0.339 e. The Morgan fingerprint density at radius 2 is 1.83 bits per heavy atom. The zero-order chi connectivity index (χ0) is 21.1. The maximum Gasteiger partial charge on any atom is 0.339 e. The average molecular weight is 405 g/mol. The van der Waals surface area contributed by atoms with Gasteiger partial charge in [0.25, 0.3) is 0 Å². The highest BCUT2D eigenvalue weighted by Gasteiger charge is 2.20. The van der Waals surface area contributed by atoms with Crippen LogP contribution in [-0.2, 0) is 17.6 Å². The molecule has 0 saturated carbocycles. The molecule has 4 rings (SSSR count). The number of carbonyl (C=O) groups is 1. The van der Waals surface area contributed by atoms with Crippen LogP contribution in [0.5, 0.6) is 5.75 Å². The van der Waals surface area contributed by atoms with Crippen molar-refractivity contribution in [1.29, 1.82) is 0 Å². The molecular formula is C25H27NO4. The number of ketones is 1. The molecule has 0 unspecified atom stereocenters. The summed E-state index contributed by atoms with van der Waals surface area (Å²) < 4.78 is 11.8. The van der Waals surface area contributed by atoms with Crippen LogP contribution in [0.4, 0.5) is 0 Å². The van der Waals surface area contributed by atoms with Crippen molar-refractivity contribution in [3.8, 4) is 5.75 Å². The Kier molecular flexibility index (Phi) is 6.00. The van der Waals surface area contributed by atoms with Crippen LogP contribution in [0.25, 0.3) is 11.0 Å². The molecule has 0 aliphatic carbocycles. The van der Waals surface area contributed by atoms with Crippen LogP contribution in [0, 0.1) is 6.92 Å². The molecule has 156 valence electrons. The van der Waals surface area contributed by atoms with Crippen LogP contribution in [0.3, 0.4) is 0 Å². The van der Waals surface area contributed by atoms with Crippen LogP contribution in [0.1, 0.15) is 29.5 Å². The van der Waals surface area contributed by atoms with Gasteiger partial charge in [0.05, 0.1) is 0 Å². The molecule has 0 bridgehead atoms. The SMILES string of the molecule is Cc1c(OC2CCN(C)CC2)ccc2cc(CC(=O)Cc3ccccc3)c(=O)oc12. The molecule has 30 heavy (non-hydrogen) atoms. The summed E-state index contributed by atoms with van der Waals surface area (Å²) >= 11 is 0. The summed E-state index contributed by atoms with van der Waals surface area (Å²) in [6, 6.07) is 15.2. The zero-order valence-corrected chi connectivity index (χ0v) is 17.5. The van der Waals surface area contributed by atoms with Crippen molar-refractivity contribution in [2.45, 2.75) is 38.7 Å². The van der Waals surface area contributed by atoms with E-state index in [0.717, 1.165) is 48.2 Å². The fourth-order valence-corrected chi connectivity index (χ4v) is 3.98. The van der Waals surface area contributed by atoms with E-state index in [4.69, 9.17) is 9.15 Å². The zero-order valence-electron chi connectivity index (χ0n) is 17.5. The molecule has 3 aromatic rings. The molecule has 1 saturated heterocycles. The number of benzene rings is 2. The lowest BCUT2D eigenvalue weighted by molar-refractivity contribution is -0.117. The minimum Gasteiger partial charge on any atom is -0.490 e. The second-order valence-electron chi connectivity index (χ2n) is 8.16. The fourth-order valence-electron chi connectivity index (χ4n) is 3.98. The summed E-state index contributed by atoms with van der Waals surface area (Å²) in [5.74, 6) is 0.750. The summed E-state index contributed by atoms with van der Waals surface area (Å²) in [5, 5.41) is 0.810. The van der Waals surface area contributed by atoms with Gasteiger partial charge in [0.15, 0.2) is 0 Å². The average Bonchev–Trinajstić information content (AvgIpc) is 2.73. The van der Waals surface area contributed by atoms with E-state index < -0.39 is 5.63 Å². The van der Waals surface area contributed by atoms with Crippen LogP contribution < -0.4 is 10.4 Å². The highest BCUT2D eigenvalue weighted by Crippen LogP contribution is 2.29. The molecule has 1 aliphatic rings. The number of piperidine rings is 1. The molecule has 1 fully saturated rings. The van der Waals surface area contributed by atoms with Gasteiger partial charge in [-0.25, -0.2) is 4.79 Å². The number of likely N-dealkylation sites (tertiary alicyclic amines) is 1. The van der Waals surface area contributed by atoms with Crippen molar-refractivity contribution in [3.05, 3.63) is 75.6 Å². The number of Topliss-reactive ketones (excluding diaryl/α,β-unsaturated/α-hetero) is 1. The number of hydrogen-bond donors (Lipinski definition) is 0. The molecule has 1 aromatic heterocycles. The molecule has 5 heteroatoms. The Hall–Kier alpha value is -2.92. The third-order valence-corrected chi connectivity index (χ3v) is 5.76. The van der Waals surface area contributed by atoms with Crippen molar-refractivity contribution in [3.63, 3.8) is 0 Å². The van der Waals surface area contributed by atoms with Gasteiger partial charge < -0.3 is 14.1 Å². The van der Waals surface area contributed by atoms with E-state index in [1.165, 1.54) is 0 Å². The van der Waals surface area contributed by atoms with E-state index >= 15 is 0 Å². The van der Waals surface area contributed by atoms with E-state index in [1.54, 1.807) is 6.07 Å². The summed E-state index contributed by atoms with van der Waals surface area (Å²) in [4.78, 5) is 27.3. The van der Waals surface area contributed by atoms with Gasteiger partial charge in [-0.05, 0) is 50.6 Å². The minimum atomic E-state index is -0.455. The predicted octanol–water partition coefficient (Wildman–Crippen LogP) is 3.93. The van der Waals surface area contributed by atoms with E-state index in [0.29, 0.717) is 17.6 Å². The first-order valence-electron chi connectivity index (χ1n) is 10.5. The number of aryl methyl sites for hydroxylation is 1. The summed E-state index contributed by atoms with van der Waals surface area (Å²) in [6.45, 7) is 3.95. The van der Waals surface area contributed by atoms with E-state index in [-0.39, 0.29) is 18.3 Å². The number of hydrogen-bond acceptors (Lipinski definition) is 5. The lowest BCUT2D eigenvalue weighted by Crippen LogP contribution is -2.35. The Balaban J connectivity index is 1.52. The molecule has 2 aromatic carbocycles. The van der Waals surface area contributed by atoms with E-state index in [9.17, 15) is 9.59 Å². The Bertz CT molecular complexity index is 1100. The fraction of sp³-hybridized carbons (Fsp3) is 0.360. The Morgan fingerprint density at radius 3 is 2.57 bits per heavy atom. The lowest BCUT2D eigenvalue weighted by Gasteiger charge is -2.29. The topological polar surface area (TPSA) is 59.8 Å². The Morgan fingerprint density at radius 1 is 1.10 bits per heavy atom. The quantitative estimate of drug-likeness (QED) is 0.582. The lowest BCUT2D eigenvalue weighted by atomic mass is 10.0. The maximum atomic E-state index is 12.5. The number of fused-ring (bicyclic) bond motifs is 1. The normalized spacial score (nSPS) is 15.4. The molecule has 0 atom stereocenters. The second kappa shape index (κ2) is 8.84. The van der Waals surface area contributed by atoms with Crippen LogP contribution in [0.15, 0.2) is 57.7 Å². The standard InChI is InChI=1S/C25H27NO4/c1-17-23(29-22-10-12-26(2)13-11-22)9-8-19-15-20(25(28)30-24(17)19)16-21(27)14-18-6-4-3-5-7-18/h3-9,15,22H,10-14,16H2,1-2H3. The van der Waals surface area contributed by atoms with Gasteiger partial charge in [-0.1, -0.05) is 30.3 Å². The van der Waals surface area contributed by atoms with Crippen molar-refractivity contribution in [2.75, 3.05) is 20.1 Å². The minimum absolute atomic E-state index is 0.00760. The first kappa shape index (κ1) is 20.4. The first-order valence-corrected chi connectivity index (χ1v) is 10.5.